The molecule has 0 nitrogen and oxygen atoms in total. The highest BCUT2D eigenvalue weighted by Crippen LogP contribution is 2.33. The van der Waals surface area contributed by atoms with Crippen molar-refractivity contribution in [3.63, 3.8) is 0 Å². The fourth-order valence-electron chi connectivity index (χ4n) is 1.62. The van der Waals surface area contributed by atoms with Gasteiger partial charge >= 0.3 is 0 Å². The molecule has 0 saturated heterocycles. The van der Waals surface area contributed by atoms with Crippen molar-refractivity contribution in [3.05, 3.63) is 64.6 Å². The van der Waals surface area contributed by atoms with Crippen molar-refractivity contribution < 1.29 is 0 Å². The maximum absolute atomic E-state index is 2.23. The molecule has 1 aromatic rings. The van der Waals surface area contributed by atoms with E-state index >= 15 is 0 Å². The predicted octanol–water partition coefficient (Wildman–Crippen LogP) is 4.88. The summed E-state index contributed by atoms with van der Waals surface area (Å²) in [4.78, 5) is 2.69. The monoisotopic (exact) mass is 228 g/mol. The van der Waals surface area contributed by atoms with E-state index in [4.69, 9.17) is 0 Å². The van der Waals surface area contributed by atoms with E-state index in [2.05, 4.69) is 62.4 Å². The van der Waals surface area contributed by atoms with Gasteiger partial charge in [0, 0.05) is 9.80 Å². The van der Waals surface area contributed by atoms with Crippen LogP contribution in [0.5, 0.6) is 0 Å². The smallest absolute Gasteiger partial charge is 0.0151 e. The van der Waals surface area contributed by atoms with Gasteiger partial charge in [-0.2, -0.15) is 0 Å². The Morgan fingerprint density at radius 1 is 1.00 bits per heavy atom. The van der Waals surface area contributed by atoms with Gasteiger partial charge < -0.3 is 0 Å². The third-order valence-electron chi connectivity index (χ3n) is 2.61. The first kappa shape index (κ1) is 11.3. The molecule has 0 spiro atoms. The minimum Gasteiger partial charge on any atom is -0.0896 e. The number of rotatable bonds is 2. The molecule has 0 atom stereocenters. The van der Waals surface area contributed by atoms with E-state index in [1.54, 1.807) is 0 Å². The second-order valence-corrected chi connectivity index (χ2v) is 5.04. The maximum atomic E-state index is 2.23. The van der Waals surface area contributed by atoms with E-state index in [1.807, 2.05) is 11.8 Å². The third-order valence-corrected chi connectivity index (χ3v) is 3.97. The van der Waals surface area contributed by atoms with Crippen LogP contribution >= 0.6 is 11.8 Å². The molecule has 0 saturated carbocycles. The lowest BCUT2D eigenvalue weighted by Crippen LogP contribution is -1.81. The second-order valence-electron chi connectivity index (χ2n) is 3.96. The van der Waals surface area contributed by atoms with Crippen molar-refractivity contribution in [2.75, 3.05) is 0 Å². The molecule has 0 amide bonds. The number of hydrogen-bond donors (Lipinski definition) is 0. The largest absolute Gasteiger partial charge is 0.0896 e. The fraction of sp³-hybridized carbons (Fsp3) is 0.200. The Hall–Kier alpha value is -1.21. The molecule has 2 rings (SSSR count). The first-order valence-electron chi connectivity index (χ1n) is 5.55. The van der Waals surface area contributed by atoms with Crippen LogP contribution in [0.25, 0.3) is 0 Å². The van der Waals surface area contributed by atoms with Crippen LogP contribution in [-0.2, 0) is 0 Å². The summed E-state index contributed by atoms with van der Waals surface area (Å²) in [6.45, 7) is 4.33. The van der Waals surface area contributed by atoms with Gasteiger partial charge in [-0.25, -0.2) is 0 Å². The molecule has 82 valence electrons. The molecule has 0 radical (unpaired) electrons. The molecule has 0 bridgehead atoms. The molecule has 1 aliphatic carbocycles. The molecule has 0 N–H and O–H groups in total. The lowest BCUT2D eigenvalue weighted by atomic mass is 10.2. The highest BCUT2D eigenvalue weighted by molar-refractivity contribution is 8.03. The van der Waals surface area contributed by atoms with Gasteiger partial charge in [0.15, 0.2) is 0 Å². The van der Waals surface area contributed by atoms with Crippen LogP contribution < -0.4 is 0 Å². The van der Waals surface area contributed by atoms with Crippen molar-refractivity contribution in [1.29, 1.82) is 0 Å². The van der Waals surface area contributed by atoms with Crippen LogP contribution in [0.1, 0.15) is 18.9 Å². The predicted molar refractivity (Wildman–Crippen MR) is 72.6 cm³/mol. The molecule has 0 aliphatic heterocycles. The van der Waals surface area contributed by atoms with E-state index in [0.29, 0.717) is 0 Å². The lowest BCUT2D eigenvalue weighted by molar-refractivity contribution is 1.31. The Bertz CT molecular complexity index is 464. The number of thioether (sulfide) groups is 1. The summed E-state index contributed by atoms with van der Waals surface area (Å²) in [5, 5.41) is 0. The van der Waals surface area contributed by atoms with Crippen molar-refractivity contribution in [2.24, 2.45) is 0 Å². The number of hydrogen-bond acceptors (Lipinski definition) is 1. The van der Waals surface area contributed by atoms with Crippen molar-refractivity contribution in [1.82, 2.24) is 0 Å². The van der Waals surface area contributed by atoms with E-state index < -0.39 is 0 Å². The molecule has 1 aliphatic rings. The molecule has 0 heterocycles. The Balaban J connectivity index is 2.28. The van der Waals surface area contributed by atoms with E-state index in [-0.39, 0.29) is 0 Å². The number of aryl methyl sites for hydroxylation is 1. The Labute approximate surface area is 102 Å². The number of allylic oxidation sites excluding steroid dienone is 5. The molecule has 0 fully saturated rings. The zero-order chi connectivity index (χ0) is 11.4. The minimum absolute atomic E-state index is 1.04. The van der Waals surface area contributed by atoms with Crippen LogP contribution in [0.2, 0.25) is 0 Å². The Morgan fingerprint density at radius 3 is 2.56 bits per heavy atom. The van der Waals surface area contributed by atoms with Crippen LogP contribution in [-0.4, -0.2) is 0 Å². The Kier molecular flexibility index (Phi) is 3.68. The molecule has 1 aromatic carbocycles. The van der Waals surface area contributed by atoms with Gasteiger partial charge in [-0.1, -0.05) is 54.3 Å². The first-order chi connectivity index (χ1) is 7.77. The van der Waals surface area contributed by atoms with Crippen LogP contribution in [0.4, 0.5) is 0 Å². The maximum Gasteiger partial charge on any atom is 0.0151 e. The summed E-state index contributed by atoms with van der Waals surface area (Å²) in [6.07, 6.45) is 9.90. The van der Waals surface area contributed by atoms with E-state index in [0.717, 1.165) is 6.42 Å². The second kappa shape index (κ2) is 5.22. The number of benzene rings is 1. The van der Waals surface area contributed by atoms with Gasteiger partial charge in [-0.3, -0.25) is 0 Å². The summed E-state index contributed by atoms with van der Waals surface area (Å²) >= 11 is 1.85. The molecule has 1 heteroatoms. The summed E-state index contributed by atoms with van der Waals surface area (Å²) in [5.74, 6) is 0. The third kappa shape index (κ3) is 2.67. The first-order valence-corrected chi connectivity index (χ1v) is 6.36. The fourth-order valence-corrected chi connectivity index (χ4v) is 2.62. The summed E-state index contributed by atoms with van der Waals surface area (Å²) in [6, 6.07) is 8.53. The molecule has 0 aromatic heterocycles. The topological polar surface area (TPSA) is 0 Å². The standard InChI is InChI=1S/C15H16S/c1-12-8-4-3-5-10-14(12)16-15-11-7-6-9-13(15)2/h4-11H,3H2,1-2H3. The highest BCUT2D eigenvalue weighted by Gasteiger charge is 2.04. The van der Waals surface area contributed by atoms with Gasteiger partial charge in [0.2, 0.25) is 0 Å². The summed E-state index contributed by atoms with van der Waals surface area (Å²) in [5.41, 5.74) is 2.69. The molecular weight excluding hydrogens is 212 g/mol. The zero-order valence-electron chi connectivity index (χ0n) is 9.73. The van der Waals surface area contributed by atoms with E-state index in [1.165, 1.54) is 20.9 Å². The molecular formula is C15H16S. The average Bonchev–Trinajstić information content (AvgIpc) is 2.48. The SMILES string of the molecule is CC1=C(Sc2ccccc2C)C=CCC=C1. The lowest BCUT2D eigenvalue weighted by Gasteiger charge is -2.07. The summed E-state index contributed by atoms with van der Waals surface area (Å²) < 4.78 is 0. The van der Waals surface area contributed by atoms with Gasteiger partial charge in [-0.05, 0) is 37.5 Å². The minimum atomic E-state index is 1.04. The van der Waals surface area contributed by atoms with Gasteiger partial charge in [0.25, 0.3) is 0 Å². The quantitative estimate of drug-likeness (QED) is 0.695. The van der Waals surface area contributed by atoms with Crippen LogP contribution in [0.3, 0.4) is 0 Å². The zero-order valence-corrected chi connectivity index (χ0v) is 10.6. The van der Waals surface area contributed by atoms with Gasteiger partial charge in [0.1, 0.15) is 0 Å². The van der Waals surface area contributed by atoms with E-state index in [9.17, 15) is 0 Å². The molecule has 16 heavy (non-hydrogen) atoms. The van der Waals surface area contributed by atoms with Gasteiger partial charge in [-0.15, -0.1) is 0 Å². The highest BCUT2D eigenvalue weighted by atomic mass is 32.2. The van der Waals surface area contributed by atoms with Crippen LogP contribution in [0, 0.1) is 6.92 Å². The van der Waals surface area contributed by atoms with Crippen molar-refractivity contribution in [3.8, 4) is 0 Å². The Morgan fingerprint density at radius 2 is 1.75 bits per heavy atom. The average molecular weight is 228 g/mol. The normalized spacial score (nSPS) is 15.4. The van der Waals surface area contributed by atoms with Crippen molar-refractivity contribution >= 4 is 11.8 Å². The summed E-state index contributed by atoms with van der Waals surface area (Å²) in [7, 11) is 0. The van der Waals surface area contributed by atoms with Crippen molar-refractivity contribution in [2.45, 2.75) is 25.2 Å². The van der Waals surface area contributed by atoms with Gasteiger partial charge in [0.05, 0.1) is 0 Å². The molecule has 0 unspecified atom stereocenters. The van der Waals surface area contributed by atoms with Crippen LogP contribution in [0.15, 0.2) is 63.9 Å².